The molecule has 26 heavy (non-hydrogen) atoms. The van der Waals surface area contributed by atoms with Crippen molar-refractivity contribution in [2.75, 3.05) is 25.5 Å². The predicted molar refractivity (Wildman–Crippen MR) is 105 cm³/mol. The molecule has 1 aliphatic rings. The predicted octanol–water partition coefficient (Wildman–Crippen LogP) is 4.00. The van der Waals surface area contributed by atoms with Crippen LogP contribution in [-0.2, 0) is 11.2 Å². The molecule has 0 aromatic heterocycles. The maximum absolute atomic E-state index is 12.0. The summed E-state index contributed by atoms with van der Waals surface area (Å²) in [6.45, 7) is 4.13. The standard InChI is InChI=1S/C21H25NO3S/c1-16-3-7-18(8-4-16)26-14-11-22-21(23)10-6-17-5-9-19-20(15-17)25-13-2-12-24-19/h3-5,7-9,15H,2,6,10-14H2,1H3,(H,22,23). The summed E-state index contributed by atoms with van der Waals surface area (Å²) in [5.74, 6) is 2.54. The summed E-state index contributed by atoms with van der Waals surface area (Å²) in [7, 11) is 0. The Balaban J connectivity index is 1.37. The highest BCUT2D eigenvalue weighted by Crippen LogP contribution is 2.30. The second-order valence-corrected chi connectivity index (χ2v) is 7.51. The van der Waals surface area contributed by atoms with E-state index in [1.165, 1.54) is 10.5 Å². The van der Waals surface area contributed by atoms with Crippen LogP contribution in [0.1, 0.15) is 24.0 Å². The minimum Gasteiger partial charge on any atom is -0.490 e. The Morgan fingerprint density at radius 3 is 2.65 bits per heavy atom. The quantitative estimate of drug-likeness (QED) is 0.590. The average Bonchev–Trinajstić information content (AvgIpc) is 2.90. The molecule has 0 aliphatic carbocycles. The van der Waals surface area contributed by atoms with Gasteiger partial charge in [-0.1, -0.05) is 23.8 Å². The van der Waals surface area contributed by atoms with Gasteiger partial charge in [-0.2, -0.15) is 0 Å². The summed E-state index contributed by atoms with van der Waals surface area (Å²) in [5.41, 5.74) is 2.36. The molecule has 1 N–H and O–H groups in total. The molecule has 0 fully saturated rings. The van der Waals surface area contributed by atoms with Crippen molar-refractivity contribution in [3.05, 3.63) is 53.6 Å². The van der Waals surface area contributed by atoms with Crippen LogP contribution in [-0.4, -0.2) is 31.4 Å². The fourth-order valence-electron chi connectivity index (χ4n) is 2.70. The number of hydrogen-bond acceptors (Lipinski definition) is 4. The van der Waals surface area contributed by atoms with E-state index in [1.807, 2.05) is 18.2 Å². The van der Waals surface area contributed by atoms with Gasteiger partial charge in [0.05, 0.1) is 13.2 Å². The van der Waals surface area contributed by atoms with Gasteiger partial charge in [0.1, 0.15) is 0 Å². The van der Waals surface area contributed by atoms with E-state index in [9.17, 15) is 4.79 Å². The van der Waals surface area contributed by atoms with Crippen molar-refractivity contribution in [3.8, 4) is 11.5 Å². The lowest BCUT2D eigenvalue weighted by molar-refractivity contribution is -0.120. The maximum Gasteiger partial charge on any atom is 0.220 e. The van der Waals surface area contributed by atoms with Gasteiger partial charge in [-0.3, -0.25) is 4.79 Å². The zero-order valence-electron chi connectivity index (χ0n) is 15.1. The number of benzene rings is 2. The highest BCUT2D eigenvalue weighted by atomic mass is 32.2. The maximum atomic E-state index is 12.0. The third kappa shape index (κ3) is 5.70. The van der Waals surface area contributed by atoms with Gasteiger partial charge in [-0.05, 0) is 43.2 Å². The minimum absolute atomic E-state index is 0.0848. The fraction of sp³-hybridized carbons (Fsp3) is 0.381. The molecule has 1 aliphatic heterocycles. The first-order chi connectivity index (χ1) is 12.7. The van der Waals surface area contributed by atoms with Crippen molar-refractivity contribution < 1.29 is 14.3 Å². The van der Waals surface area contributed by atoms with Crippen LogP contribution in [0.4, 0.5) is 0 Å². The number of fused-ring (bicyclic) bond motifs is 1. The molecule has 1 heterocycles. The number of ether oxygens (including phenoxy) is 2. The van der Waals surface area contributed by atoms with Gasteiger partial charge in [0.2, 0.25) is 5.91 Å². The summed E-state index contributed by atoms with van der Waals surface area (Å²) in [4.78, 5) is 13.3. The van der Waals surface area contributed by atoms with Crippen molar-refractivity contribution >= 4 is 17.7 Å². The van der Waals surface area contributed by atoms with E-state index in [-0.39, 0.29) is 5.91 Å². The van der Waals surface area contributed by atoms with Crippen LogP contribution in [0.25, 0.3) is 0 Å². The van der Waals surface area contributed by atoms with E-state index in [0.717, 1.165) is 29.2 Å². The monoisotopic (exact) mass is 371 g/mol. The van der Waals surface area contributed by atoms with Crippen molar-refractivity contribution in [3.63, 3.8) is 0 Å². The number of thioether (sulfide) groups is 1. The Bertz CT molecular complexity index is 731. The van der Waals surface area contributed by atoms with Gasteiger partial charge in [0, 0.05) is 30.0 Å². The number of carbonyl (C=O) groups is 1. The summed E-state index contributed by atoms with van der Waals surface area (Å²) in [6.07, 6.45) is 2.08. The third-order valence-electron chi connectivity index (χ3n) is 4.17. The molecule has 1 amide bonds. The van der Waals surface area contributed by atoms with E-state index in [2.05, 4.69) is 36.5 Å². The van der Waals surface area contributed by atoms with Crippen molar-refractivity contribution in [1.82, 2.24) is 5.32 Å². The lowest BCUT2D eigenvalue weighted by atomic mass is 10.1. The Kier molecular flexibility index (Phi) is 6.83. The molecule has 0 saturated carbocycles. The molecule has 0 saturated heterocycles. The molecule has 0 radical (unpaired) electrons. The topological polar surface area (TPSA) is 47.6 Å². The van der Waals surface area contributed by atoms with Crippen molar-refractivity contribution in [2.24, 2.45) is 0 Å². The van der Waals surface area contributed by atoms with Crippen LogP contribution >= 0.6 is 11.8 Å². The zero-order valence-corrected chi connectivity index (χ0v) is 15.9. The van der Waals surface area contributed by atoms with Gasteiger partial charge < -0.3 is 14.8 Å². The molecule has 3 rings (SSSR count). The van der Waals surface area contributed by atoms with Crippen LogP contribution in [0.5, 0.6) is 11.5 Å². The summed E-state index contributed by atoms with van der Waals surface area (Å²) < 4.78 is 11.3. The fourth-order valence-corrected chi connectivity index (χ4v) is 3.47. The van der Waals surface area contributed by atoms with E-state index in [0.29, 0.717) is 32.6 Å². The smallest absolute Gasteiger partial charge is 0.220 e. The second-order valence-electron chi connectivity index (χ2n) is 6.34. The van der Waals surface area contributed by atoms with E-state index in [4.69, 9.17) is 9.47 Å². The van der Waals surface area contributed by atoms with E-state index >= 15 is 0 Å². The van der Waals surface area contributed by atoms with E-state index < -0.39 is 0 Å². The zero-order chi connectivity index (χ0) is 18.2. The largest absolute Gasteiger partial charge is 0.490 e. The van der Waals surface area contributed by atoms with Gasteiger partial charge in [0.15, 0.2) is 11.5 Å². The first-order valence-corrected chi connectivity index (χ1v) is 10.0. The molecule has 0 unspecified atom stereocenters. The lowest BCUT2D eigenvalue weighted by Crippen LogP contribution is -2.25. The molecule has 0 atom stereocenters. The Morgan fingerprint density at radius 1 is 1.08 bits per heavy atom. The van der Waals surface area contributed by atoms with Crippen LogP contribution in [0.2, 0.25) is 0 Å². The van der Waals surface area contributed by atoms with Gasteiger partial charge in [-0.15, -0.1) is 11.8 Å². The Hall–Kier alpha value is -2.14. The lowest BCUT2D eigenvalue weighted by Gasteiger charge is -2.09. The molecular weight excluding hydrogens is 346 g/mol. The first-order valence-electron chi connectivity index (χ1n) is 9.05. The Labute approximate surface area is 159 Å². The van der Waals surface area contributed by atoms with Crippen LogP contribution in [0, 0.1) is 6.92 Å². The van der Waals surface area contributed by atoms with Gasteiger partial charge >= 0.3 is 0 Å². The average molecular weight is 372 g/mol. The molecule has 0 bridgehead atoms. The highest BCUT2D eigenvalue weighted by Gasteiger charge is 2.11. The molecular formula is C21H25NO3S. The van der Waals surface area contributed by atoms with E-state index in [1.54, 1.807) is 11.8 Å². The molecule has 138 valence electrons. The van der Waals surface area contributed by atoms with Gasteiger partial charge in [0.25, 0.3) is 0 Å². The number of carbonyl (C=O) groups excluding carboxylic acids is 1. The third-order valence-corrected chi connectivity index (χ3v) is 5.18. The van der Waals surface area contributed by atoms with Crippen LogP contribution in [0.15, 0.2) is 47.4 Å². The number of aryl methyl sites for hydroxylation is 2. The summed E-state index contributed by atoms with van der Waals surface area (Å²) in [6, 6.07) is 14.4. The molecule has 2 aromatic carbocycles. The Morgan fingerprint density at radius 2 is 1.85 bits per heavy atom. The molecule has 2 aromatic rings. The van der Waals surface area contributed by atoms with Crippen LogP contribution in [0.3, 0.4) is 0 Å². The summed E-state index contributed by atoms with van der Waals surface area (Å²) in [5, 5.41) is 2.99. The summed E-state index contributed by atoms with van der Waals surface area (Å²) >= 11 is 1.76. The number of rotatable bonds is 7. The highest BCUT2D eigenvalue weighted by molar-refractivity contribution is 7.99. The number of hydrogen-bond donors (Lipinski definition) is 1. The molecule has 0 spiro atoms. The SMILES string of the molecule is Cc1ccc(SCCNC(=O)CCc2ccc3c(c2)OCCCO3)cc1. The molecule has 4 nitrogen and oxygen atoms in total. The first kappa shape index (κ1) is 18.6. The molecule has 5 heteroatoms. The van der Waals surface area contributed by atoms with Crippen molar-refractivity contribution in [1.29, 1.82) is 0 Å². The van der Waals surface area contributed by atoms with Crippen LogP contribution < -0.4 is 14.8 Å². The van der Waals surface area contributed by atoms with Crippen molar-refractivity contribution in [2.45, 2.75) is 31.1 Å². The normalized spacial score (nSPS) is 13.1. The minimum atomic E-state index is 0.0848. The number of nitrogens with one attached hydrogen (secondary N) is 1. The van der Waals surface area contributed by atoms with Gasteiger partial charge in [-0.25, -0.2) is 0 Å². The number of amides is 1. The second kappa shape index (κ2) is 9.53.